The number of imidazole rings is 4. The average Bonchev–Trinajstić information content (AvgIpc) is 1.72. The van der Waals surface area contributed by atoms with Crippen LogP contribution in [-0.4, -0.2) is 206 Å². The summed E-state index contributed by atoms with van der Waals surface area (Å²) < 4.78 is 34.0. The number of pyridine rings is 2. The third-order valence-corrected chi connectivity index (χ3v) is 16.6. The van der Waals surface area contributed by atoms with Crippen molar-refractivity contribution >= 4 is 69.2 Å². The van der Waals surface area contributed by atoms with Crippen LogP contribution >= 0.6 is 0 Å². The molecule has 0 unspecified atom stereocenters. The molecule has 14 rings (SSSR count). The van der Waals surface area contributed by atoms with Crippen molar-refractivity contribution in [2.45, 2.75) is 65.2 Å². The first-order chi connectivity index (χ1) is 49.3. The summed E-state index contributed by atoms with van der Waals surface area (Å²) in [5.41, 5.74) is 13.8. The van der Waals surface area contributed by atoms with Gasteiger partial charge in [0.25, 0.3) is 0 Å². The van der Waals surface area contributed by atoms with Crippen molar-refractivity contribution in [1.29, 1.82) is 0 Å². The third kappa shape index (κ3) is 16.8. The van der Waals surface area contributed by atoms with Gasteiger partial charge in [-0.05, 0) is 106 Å². The molecule has 0 radical (unpaired) electrons. The molecule has 12 aromatic rings. The maximum absolute atomic E-state index is 12.0. The van der Waals surface area contributed by atoms with Crippen LogP contribution in [0.4, 0.5) is 32.2 Å². The van der Waals surface area contributed by atoms with Gasteiger partial charge in [0.2, 0.25) is 17.8 Å². The number of nitrogens with one attached hydrogen (secondary N) is 7. The Bertz CT molecular complexity index is 4540. The lowest BCUT2D eigenvalue weighted by Gasteiger charge is -2.14. The van der Waals surface area contributed by atoms with Gasteiger partial charge in [-0.25, -0.2) is 64.2 Å². The van der Waals surface area contributed by atoms with Gasteiger partial charge in [-0.2, -0.15) is 0 Å². The Hall–Kier alpha value is -11.6. The zero-order chi connectivity index (χ0) is 70.4. The number of fused-ring (bicyclic) bond motifs is 3. The van der Waals surface area contributed by atoms with E-state index in [1.165, 1.54) is 0 Å². The summed E-state index contributed by atoms with van der Waals surface area (Å²) in [4.78, 5) is 103. The minimum Gasteiger partial charge on any atom is -0.450 e. The van der Waals surface area contributed by atoms with E-state index in [1.54, 1.807) is 104 Å². The zero-order valence-electron chi connectivity index (χ0n) is 56.8. The van der Waals surface area contributed by atoms with Crippen molar-refractivity contribution in [2.24, 2.45) is 0 Å². The maximum atomic E-state index is 12.0. The molecule has 0 aliphatic carbocycles. The van der Waals surface area contributed by atoms with E-state index in [9.17, 15) is 14.4 Å². The number of carbonyl (C=O) groups excluding carboxylic acids is 3. The second-order valence-corrected chi connectivity index (χ2v) is 23.4. The minimum absolute atomic E-state index is 0.0623. The number of nitrogens with zero attached hydrogens (tertiary/aromatic N) is 15. The van der Waals surface area contributed by atoms with Gasteiger partial charge in [0.1, 0.15) is 16.6 Å². The fourth-order valence-corrected chi connectivity index (χ4v) is 11.9. The molecular weight excluding hydrogens is 1290 g/mol. The van der Waals surface area contributed by atoms with E-state index in [4.69, 9.17) is 38.4 Å². The van der Waals surface area contributed by atoms with Gasteiger partial charge in [0, 0.05) is 164 Å². The first kappa shape index (κ1) is 69.3. The molecule has 2 fully saturated rings. The van der Waals surface area contributed by atoms with Crippen molar-refractivity contribution in [3.05, 3.63) is 158 Å². The largest absolute Gasteiger partial charge is 0.450 e. The Morgan fingerprint density at radius 1 is 0.485 bits per heavy atom. The Morgan fingerprint density at radius 3 is 1.24 bits per heavy atom. The standard InChI is InChI=1S/C26H30N8O3.C26H29N7O4.C18H17N7O2/c1-4-27-26(35)33-25-31-20-11-17(10-19(23(20)32-25)24-28-8-5-9-29-24)16-6-7-18(30-12-16)13-34-14-21(36-2)22(15-34)37-3;1-4-37-26(34)32-25-30-20-11-17(10-19(23(20)31-25)24-27-8-5-9-28-24)16-6-7-18(29-12-16)13-33-14-21(35-2)22(15-33)36-3;1-3-27-18(26)24-17-22-14-8-12(25-9-11(2)21-10-25)7-13(15(14)23-17)16-19-5-4-6-20-16/h5-12,21-22H,4,13-15H2,1-3H3,(H3,27,31,32,33,35);5-12,21-22H,4,13-15H2,1-3H3,(H2,30,31,32,34);4-10H,3H2,1-2H3,(H2,22,23,24,26)/t2*21-,22-;/m11./s1. The van der Waals surface area contributed by atoms with Crippen LogP contribution < -0.4 is 21.3 Å². The summed E-state index contributed by atoms with van der Waals surface area (Å²) in [5.74, 6) is 2.53. The van der Waals surface area contributed by atoms with E-state index < -0.39 is 12.2 Å². The summed E-state index contributed by atoms with van der Waals surface area (Å²) in [6, 6.07) is 24.9. The molecule has 3 aromatic carbocycles. The van der Waals surface area contributed by atoms with Gasteiger partial charge in [-0.3, -0.25) is 35.7 Å². The lowest BCUT2D eigenvalue weighted by Crippen LogP contribution is -2.28. The predicted octanol–water partition coefficient (Wildman–Crippen LogP) is 9.65. The fourth-order valence-electron chi connectivity index (χ4n) is 11.9. The average molecular weight is 1370 g/mol. The summed E-state index contributed by atoms with van der Waals surface area (Å²) in [5, 5.41) is 10.6. The molecule has 520 valence electrons. The smallest absolute Gasteiger partial charge is 0.413 e. The van der Waals surface area contributed by atoms with Gasteiger partial charge in [-0.1, -0.05) is 12.1 Å². The molecule has 9 aromatic heterocycles. The van der Waals surface area contributed by atoms with Gasteiger partial charge < -0.3 is 53.3 Å². The summed E-state index contributed by atoms with van der Waals surface area (Å²) in [6.07, 6.45) is 16.6. The summed E-state index contributed by atoms with van der Waals surface area (Å²) in [6.45, 7) is 13.0. The quantitative estimate of drug-likeness (QED) is 0.0373. The molecule has 2 aliphatic heterocycles. The number of H-pyrrole nitrogens is 3. The van der Waals surface area contributed by atoms with Crippen molar-refractivity contribution < 1.29 is 42.8 Å². The Kier molecular flexibility index (Phi) is 22.2. The second kappa shape index (κ2) is 32.4. The molecular formula is C70H76N22O9. The number of aryl methyl sites for hydroxylation is 1. The Labute approximate surface area is 579 Å². The second-order valence-electron chi connectivity index (χ2n) is 23.4. The van der Waals surface area contributed by atoms with E-state index in [-0.39, 0.29) is 49.6 Å². The van der Waals surface area contributed by atoms with E-state index in [0.29, 0.717) is 59.0 Å². The maximum Gasteiger partial charge on any atom is 0.413 e. The van der Waals surface area contributed by atoms with E-state index >= 15 is 0 Å². The fraction of sp³-hybridized carbons (Fsp3) is 0.300. The van der Waals surface area contributed by atoms with Gasteiger partial charge >= 0.3 is 18.2 Å². The van der Waals surface area contributed by atoms with Crippen LogP contribution in [0.15, 0.2) is 141 Å². The van der Waals surface area contributed by atoms with Crippen LogP contribution in [0.1, 0.15) is 37.9 Å². The highest BCUT2D eigenvalue weighted by Gasteiger charge is 2.34. The number of amides is 4. The third-order valence-electron chi connectivity index (χ3n) is 16.6. The molecule has 11 heterocycles. The van der Waals surface area contributed by atoms with Crippen LogP contribution in [0.25, 0.3) is 95.2 Å². The van der Waals surface area contributed by atoms with Gasteiger partial charge in [0.15, 0.2) is 17.5 Å². The highest BCUT2D eigenvalue weighted by atomic mass is 16.6. The SMILES string of the molecule is CCNC(=O)Nc1nc2c(-c3ncccn3)cc(-c3ccc(CN4C[C@@H](OC)[C@H](OC)C4)nc3)cc2[nH]1.CCOC(=O)Nc1nc2c(-c3ncccn3)cc(-c3ccc(CN4C[C@@H](OC)[C@H](OC)C4)nc3)cc2[nH]1.CCOC(=O)Nc1nc2c(-c3ncccn3)cc(-n3cnc(C)c3)cc2[nH]1. The number of ether oxygens (including phenoxy) is 6. The molecule has 7 N–H and O–H groups in total. The van der Waals surface area contributed by atoms with Crippen LogP contribution in [0.3, 0.4) is 0 Å². The Morgan fingerprint density at radius 2 is 0.881 bits per heavy atom. The molecule has 0 saturated carbocycles. The van der Waals surface area contributed by atoms with E-state index in [0.717, 1.165) is 111 Å². The van der Waals surface area contributed by atoms with Gasteiger partial charge in [-0.15, -0.1) is 0 Å². The molecule has 2 aliphatic rings. The monoisotopic (exact) mass is 1370 g/mol. The number of hydrogen-bond acceptors (Lipinski definition) is 23. The number of likely N-dealkylation sites (tertiary alicyclic amines) is 2. The number of carbonyl (C=O) groups is 3. The van der Waals surface area contributed by atoms with Crippen molar-refractivity contribution in [2.75, 3.05) is 90.3 Å². The summed E-state index contributed by atoms with van der Waals surface area (Å²) >= 11 is 0. The van der Waals surface area contributed by atoms with E-state index in [1.807, 2.05) is 91.6 Å². The number of hydrogen-bond donors (Lipinski definition) is 7. The number of aromatic amines is 3. The number of aromatic nitrogens is 16. The number of methoxy groups -OCH3 is 4. The molecule has 2 saturated heterocycles. The van der Waals surface area contributed by atoms with Crippen LogP contribution in [0.5, 0.6) is 0 Å². The minimum atomic E-state index is -0.578. The molecule has 4 amide bonds. The molecule has 0 spiro atoms. The molecule has 101 heavy (non-hydrogen) atoms. The molecule has 31 heteroatoms. The number of rotatable bonds is 20. The lowest BCUT2D eigenvalue weighted by atomic mass is 10.0. The van der Waals surface area contributed by atoms with Crippen LogP contribution in [0, 0.1) is 6.92 Å². The van der Waals surface area contributed by atoms with Crippen LogP contribution in [-0.2, 0) is 41.5 Å². The number of anilines is 3. The molecule has 31 nitrogen and oxygen atoms in total. The predicted molar refractivity (Wildman–Crippen MR) is 377 cm³/mol. The van der Waals surface area contributed by atoms with Crippen molar-refractivity contribution in [3.8, 4) is 62.1 Å². The first-order valence-corrected chi connectivity index (χ1v) is 32.6. The molecule has 4 atom stereocenters. The van der Waals surface area contributed by atoms with Gasteiger partial charge in [0.05, 0.1) is 77.6 Å². The summed E-state index contributed by atoms with van der Waals surface area (Å²) in [7, 11) is 6.87. The van der Waals surface area contributed by atoms with Crippen molar-refractivity contribution in [3.63, 3.8) is 0 Å². The number of urea groups is 1. The van der Waals surface area contributed by atoms with Crippen LogP contribution in [0.2, 0.25) is 0 Å². The highest BCUT2D eigenvalue weighted by molar-refractivity contribution is 5.99. The first-order valence-electron chi connectivity index (χ1n) is 32.6. The van der Waals surface area contributed by atoms with Crippen molar-refractivity contribution in [1.82, 2.24) is 94.4 Å². The topological polar surface area (TPSA) is 368 Å². The zero-order valence-corrected chi connectivity index (χ0v) is 56.8. The lowest BCUT2D eigenvalue weighted by molar-refractivity contribution is -0.00461. The number of benzene rings is 3. The normalized spacial score (nSPS) is 16.0. The van der Waals surface area contributed by atoms with E-state index in [2.05, 4.69) is 102 Å². The molecule has 0 bridgehead atoms. The highest BCUT2D eigenvalue weighted by Crippen LogP contribution is 2.35. The Balaban J connectivity index is 0.000000145.